The van der Waals surface area contributed by atoms with Gasteiger partial charge in [0.05, 0.1) is 6.10 Å². The second-order valence-corrected chi connectivity index (χ2v) is 3.49. The lowest BCUT2D eigenvalue weighted by Gasteiger charge is -2.33. The standard InChI is InChI=1S/C7H14N2O3/c8-2-7-3-9-1-4(12-7)5(10)6(7)11/h4-6,9-11H,1-3,8H2/t4-,5+,6+,7+/m1/s1. The maximum Gasteiger partial charge on any atom is 0.122 e. The molecule has 0 spiro atoms. The van der Waals surface area contributed by atoms with Crippen LogP contribution in [0.4, 0.5) is 0 Å². The Labute approximate surface area is 70.5 Å². The normalized spacial score (nSPS) is 52.8. The topological polar surface area (TPSA) is 87.7 Å². The minimum atomic E-state index is -0.859. The lowest BCUT2D eigenvalue weighted by molar-refractivity contribution is -0.0928. The Hall–Kier alpha value is -0.200. The lowest BCUT2D eigenvalue weighted by Crippen LogP contribution is -2.57. The van der Waals surface area contributed by atoms with Crippen molar-refractivity contribution in [3.63, 3.8) is 0 Å². The van der Waals surface area contributed by atoms with Crippen LogP contribution in [0.15, 0.2) is 0 Å². The van der Waals surface area contributed by atoms with Gasteiger partial charge in [0.15, 0.2) is 0 Å². The van der Waals surface area contributed by atoms with Gasteiger partial charge in [0.2, 0.25) is 0 Å². The highest BCUT2D eigenvalue weighted by atomic mass is 16.6. The highest BCUT2D eigenvalue weighted by Gasteiger charge is 2.55. The van der Waals surface area contributed by atoms with E-state index in [9.17, 15) is 10.2 Å². The minimum Gasteiger partial charge on any atom is -0.388 e. The van der Waals surface area contributed by atoms with Crippen LogP contribution in [0.1, 0.15) is 0 Å². The number of nitrogens with two attached hydrogens (primary N) is 1. The van der Waals surface area contributed by atoms with Gasteiger partial charge >= 0.3 is 0 Å². The van der Waals surface area contributed by atoms with Crippen molar-refractivity contribution in [2.24, 2.45) is 5.73 Å². The third-order valence-electron chi connectivity index (χ3n) is 2.74. The zero-order chi connectivity index (χ0) is 8.77. The number of ether oxygens (including phenoxy) is 1. The zero-order valence-electron chi connectivity index (χ0n) is 6.73. The molecule has 5 nitrogen and oxygen atoms in total. The van der Waals surface area contributed by atoms with Gasteiger partial charge in [-0.15, -0.1) is 0 Å². The summed E-state index contributed by atoms with van der Waals surface area (Å²) in [5.41, 5.74) is 4.73. The second kappa shape index (κ2) is 2.65. The Bertz CT molecular complexity index is 189. The smallest absolute Gasteiger partial charge is 0.122 e. The van der Waals surface area contributed by atoms with E-state index < -0.39 is 17.8 Å². The predicted molar refractivity (Wildman–Crippen MR) is 41.5 cm³/mol. The fraction of sp³-hybridized carbons (Fsp3) is 1.00. The number of rotatable bonds is 1. The fourth-order valence-electron chi connectivity index (χ4n) is 1.93. The molecule has 2 aliphatic rings. The van der Waals surface area contributed by atoms with Crippen LogP contribution in [-0.2, 0) is 4.74 Å². The van der Waals surface area contributed by atoms with E-state index in [1.54, 1.807) is 0 Å². The van der Waals surface area contributed by atoms with Crippen LogP contribution in [0.2, 0.25) is 0 Å². The van der Waals surface area contributed by atoms with E-state index in [1.807, 2.05) is 0 Å². The lowest BCUT2D eigenvalue weighted by atomic mass is 9.96. The molecule has 0 aliphatic carbocycles. The number of morpholine rings is 1. The van der Waals surface area contributed by atoms with Gasteiger partial charge in [-0.25, -0.2) is 0 Å². The SMILES string of the molecule is NC[C@@]12CNC[C@@H](O1)[C@H](O)[C@@H]2O. The largest absolute Gasteiger partial charge is 0.388 e. The van der Waals surface area contributed by atoms with Crippen LogP contribution < -0.4 is 11.1 Å². The average molecular weight is 174 g/mol. The average Bonchev–Trinajstić information content (AvgIpc) is 2.29. The van der Waals surface area contributed by atoms with Crippen LogP contribution in [0, 0.1) is 0 Å². The molecule has 5 N–H and O–H groups in total. The van der Waals surface area contributed by atoms with E-state index in [2.05, 4.69) is 5.32 Å². The first-order valence-corrected chi connectivity index (χ1v) is 4.14. The summed E-state index contributed by atoms with van der Waals surface area (Å²) in [5.74, 6) is 0. The first-order valence-electron chi connectivity index (χ1n) is 4.14. The Balaban J connectivity index is 2.24. The maximum absolute atomic E-state index is 9.62. The van der Waals surface area contributed by atoms with Gasteiger partial charge in [0, 0.05) is 19.6 Å². The minimum absolute atomic E-state index is 0.231. The summed E-state index contributed by atoms with van der Waals surface area (Å²) in [7, 11) is 0. The number of nitrogens with one attached hydrogen (secondary N) is 1. The molecular weight excluding hydrogens is 160 g/mol. The van der Waals surface area contributed by atoms with Gasteiger partial charge in [-0.2, -0.15) is 0 Å². The summed E-state index contributed by atoms with van der Waals surface area (Å²) in [6.45, 7) is 1.33. The van der Waals surface area contributed by atoms with Crippen LogP contribution in [-0.4, -0.2) is 53.8 Å². The molecule has 0 amide bonds. The molecule has 4 atom stereocenters. The van der Waals surface area contributed by atoms with Crippen LogP contribution in [0.5, 0.6) is 0 Å². The molecule has 2 bridgehead atoms. The highest BCUT2D eigenvalue weighted by molar-refractivity contribution is 5.07. The fourth-order valence-corrected chi connectivity index (χ4v) is 1.93. The molecular formula is C7H14N2O3. The number of aliphatic hydroxyl groups excluding tert-OH is 2. The Kier molecular flexibility index (Phi) is 1.85. The molecule has 2 fully saturated rings. The second-order valence-electron chi connectivity index (χ2n) is 3.49. The summed E-state index contributed by atoms with van der Waals surface area (Å²) in [4.78, 5) is 0. The van der Waals surface area contributed by atoms with Crippen molar-refractivity contribution in [2.75, 3.05) is 19.6 Å². The first kappa shape index (κ1) is 8.40. The van der Waals surface area contributed by atoms with Gasteiger partial charge in [-0.05, 0) is 0 Å². The Morgan fingerprint density at radius 2 is 2.33 bits per heavy atom. The zero-order valence-corrected chi connectivity index (χ0v) is 6.73. The van der Waals surface area contributed by atoms with Crippen molar-refractivity contribution in [1.29, 1.82) is 0 Å². The van der Waals surface area contributed by atoms with Crippen LogP contribution in [0.25, 0.3) is 0 Å². The molecule has 2 saturated heterocycles. The van der Waals surface area contributed by atoms with Gasteiger partial charge in [0.1, 0.15) is 17.8 Å². The third-order valence-corrected chi connectivity index (χ3v) is 2.74. The molecule has 0 aromatic heterocycles. The third kappa shape index (κ3) is 0.915. The molecule has 0 radical (unpaired) electrons. The van der Waals surface area contributed by atoms with Crippen LogP contribution >= 0.6 is 0 Å². The van der Waals surface area contributed by atoms with Crippen molar-refractivity contribution in [1.82, 2.24) is 5.32 Å². The molecule has 2 aliphatic heterocycles. The maximum atomic E-state index is 9.62. The summed E-state index contributed by atoms with van der Waals surface area (Å²) < 4.78 is 5.47. The van der Waals surface area contributed by atoms with E-state index in [0.29, 0.717) is 13.1 Å². The van der Waals surface area contributed by atoms with Crippen molar-refractivity contribution < 1.29 is 14.9 Å². The van der Waals surface area contributed by atoms with Gasteiger partial charge in [-0.3, -0.25) is 0 Å². The van der Waals surface area contributed by atoms with E-state index in [1.165, 1.54) is 0 Å². The molecule has 2 rings (SSSR count). The molecule has 0 saturated carbocycles. The number of fused-ring (bicyclic) bond motifs is 2. The van der Waals surface area contributed by atoms with E-state index in [0.717, 1.165) is 0 Å². The van der Waals surface area contributed by atoms with E-state index in [-0.39, 0.29) is 12.6 Å². The summed E-state index contributed by atoms with van der Waals surface area (Å²) >= 11 is 0. The molecule has 0 aromatic carbocycles. The molecule has 0 aromatic rings. The van der Waals surface area contributed by atoms with Crippen LogP contribution in [0.3, 0.4) is 0 Å². The van der Waals surface area contributed by atoms with Crippen molar-refractivity contribution >= 4 is 0 Å². The van der Waals surface area contributed by atoms with Crippen molar-refractivity contribution in [3.8, 4) is 0 Å². The molecule has 0 unspecified atom stereocenters. The Morgan fingerprint density at radius 3 is 2.92 bits per heavy atom. The summed E-state index contributed by atoms with van der Waals surface area (Å²) in [6, 6.07) is 0. The molecule has 2 heterocycles. The highest BCUT2D eigenvalue weighted by Crippen LogP contribution is 2.32. The van der Waals surface area contributed by atoms with Gasteiger partial charge in [-0.1, -0.05) is 0 Å². The summed E-state index contributed by atoms with van der Waals surface area (Å²) in [6.07, 6.45) is -1.97. The van der Waals surface area contributed by atoms with Crippen molar-refractivity contribution in [3.05, 3.63) is 0 Å². The van der Waals surface area contributed by atoms with Gasteiger partial charge in [0.25, 0.3) is 0 Å². The first-order chi connectivity index (χ1) is 5.69. The number of hydrogen-bond acceptors (Lipinski definition) is 5. The molecule has 5 heteroatoms. The predicted octanol–water partition coefficient (Wildman–Crippen LogP) is -2.59. The van der Waals surface area contributed by atoms with E-state index >= 15 is 0 Å². The quantitative estimate of drug-likeness (QED) is 0.350. The molecule has 70 valence electrons. The summed E-state index contributed by atoms with van der Waals surface area (Å²) in [5, 5.41) is 22.2. The monoisotopic (exact) mass is 174 g/mol. The number of aliphatic hydroxyl groups is 2. The number of hydrogen-bond donors (Lipinski definition) is 4. The van der Waals surface area contributed by atoms with E-state index in [4.69, 9.17) is 10.5 Å². The van der Waals surface area contributed by atoms with Gasteiger partial charge < -0.3 is 26.0 Å². The molecule has 12 heavy (non-hydrogen) atoms. The van der Waals surface area contributed by atoms with Crippen molar-refractivity contribution in [2.45, 2.75) is 23.9 Å². The Morgan fingerprint density at radius 1 is 1.58 bits per heavy atom.